The van der Waals surface area contributed by atoms with Gasteiger partial charge in [0, 0.05) is 16.5 Å². The van der Waals surface area contributed by atoms with Gasteiger partial charge in [-0.3, -0.25) is 0 Å². The van der Waals surface area contributed by atoms with Crippen molar-refractivity contribution >= 4 is 28.7 Å². The van der Waals surface area contributed by atoms with Gasteiger partial charge in [-0.15, -0.1) is 11.3 Å². The van der Waals surface area contributed by atoms with Crippen LogP contribution in [0.5, 0.6) is 0 Å². The second kappa shape index (κ2) is 7.47. The molecule has 2 heterocycles. The maximum atomic E-state index is 12.2. The molecular formula is C17H22N2O2S2. The molecule has 0 aromatic carbocycles. The second-order valence-electron chi connectivity index (χ2n) is 6.01. The first-order valence-corrected chi connectivity index (χ1v) is 9.84. The molecule has 6 heteroatoms. The fourth-order valence-electron chi connectivity index (χ4n) is 3.04. The number of carbonyl (C=O) groups is 1. The Morgan fingerprint density at radius 3 is 2.74 bits per heavy atom. The van der Waals surface area contributed by atoms with Crippen molar-refractivity contribution in [3.8, 4) is 0 Å². The summed E-state index contributed by atoms with van der Waals surface area (Å²) in [5.41, 5.74) is -0.346. The highest BCUT2D eigenvalue weighted by Crippen LogP contribution is 2.33. The summed E-state index contributed by atoms with van der Waals surface area (Å²) in [5, 5.41) is 22.9. The van der Waals surface area contributed by atoms with E-state index in [0.717, 1.165) is 23.3 Å². The van der Waals surface area contributed by atoms with Crippen molar-refractivity contribution in [3.63, 3.8) is 0 Å². The van der Waals surface area contributed by atoms with Crippen LogP contribution in [0, 0.1) is 0 Å². The van der Waals surface area contributed by atoms with Crippen molar-refractivity contribution in [1.82, 2.24) is 10.6 Å². The predicted octanol–water partition coefficient (Wildman–Crippen LogP) is 3.68. The van der Waals surface area contributed by atoms with E-state index >= 15 is 0 Å². The number of thiophene rings is 2. The van der Waals surface area contributed by atoms with Gasteiger partial charge in [0.1, 0.15) is 5.60 Å². The van der Waals surface area contributed by atoms with E-state index in [1.165, 1.54) is 30.6 Å². The zero-order chi connectivity index (χ0) is 16.1. The molecule has 1 atom stereocenters. The summed E-state index contributed by atoms with van der Waals surface area (Å²) >= 11 is 3.04. The van der Waals surface area contributed by atoms with Crippen LogP contribution in [0.3, 0.4) is 0 Å². The number of aliphatic hydroxyl groups is 1. The van der Waals surface area contributed by atoms with Crippen LogP contribution in [0.1, 0.15) is 42.5 Å². The highest BCUT2D eigenvalue weighted by molar-refractivity contribution is 7.10. The average molecular weight is 351 g/mol. The molecule has 2 amide bonds. The van der Waals surface area contributed by atoms with Crippen molar-refractivity contribution in [1.29, 1.82) is 0 Å². The maximum absolute atomic E-state index is 12.2. The lowest BCUT2D eigenvalue weighted by atomic mass is 9.94. The quantitative estimate of drug-likeness (QED) is 0.770. The van der Waals surface area contributed by atoms with Crippen LogP contribution >= 0.6 is 22.7 Å². The van der Waals surface area contributed by atoms with Gasteiger partial charge in [0.2, 0.25) is 0 Å². The molecule has 0 bridgehead atoms. The van der Waals surface area contributed by atoms with Gasteiger partial charge in [-0.2, -0.15) is 11.3 Å². The van der Waals surface area contributed by atoms with E-state index in [1.54, 1.807) is 11.3 Å². The Morgan fingerprint density at radius 2 is 2.09 bits per heavy atom. The Hall–Kier alpha value is -1.37. The number of carbonyl (C=O) groups excluding carboxylic acids is 1. The van der Waals surface area contributed by atoms with Crippen molar-refractivity contribution in [2.45, 2.75) is 43.7 Å². The monoisotopic (exact) mass is 350 g/mol. The van der Waals surface area contributed by atoms with Crippen LogP contribution < -0.4 is 10.6 Å². The fourth-order valence-corrected chi connectivity index (χ4v) is 4.61. The average Bonchev–Trinajstić information content (AvgIpc) is 3.27. The summed E-state index contributed by atoms with van der Waals surface area (Å²) in [6.45, 7) is 0.169. The molecule has 0 radical (unpaired) electrons. The summed E-state index contributed by atoms with van der Waals surface area (Å²) in [4.78, 5) is 13.0. The molecule has 1 saturated carbocycles. The molecule has 4 nitrogen and oxygen atoms in total. The minimum absolute atomic E-state index is 0.169. The normalized spacial score (nSPS) is 18.3. The van der Waals surface area contributed by atoms with Crippen LogP contribution in [0.25, 0.3) is 0 Å². The van der Waals surface area contributed by atoms with E-state index in [9.17, 15) is 9.90 Å². The molecule has 0 saturated heterocycles. The van der Waals surface area contributed by atoms with E-state index in [2.05, 4.69) is 10.6 Å². The fraction of sp³-hybridized carbons (Fsp3) is 0.471. The molecule has 1 fully saturated rings. The molecule has 1 aliphatic rings. The van der Waals surface area contributed by atoms with E-state index in [0.29, 0.717) is 0 Å². The SMILES string of the molecule is O=C(NCC(O)(c1ccsc1)c1cccs1)NC1CCCCC1. The van der Waals surface area contributed by atoms with Crippen LogP contribution in [0.2, 0.25) is 0 Å². The number of nitrogens with one attached hydrogen (secondary N) is 2. The van der Waals surface area contributed by atoms with Gasteiger partial charge in [-0.25, -0.2) is 4.79 Å². The molecule has 0 aliphatic heterocycles. The molecule has 2 aromatic heterocycles. The minimum Gasteiger partial charge on any atom is -0.378 e. The molecular weight excluding hydrogens is 328 g/mol. The Balaban J connectivity index is 1.64. The molecule has 2 aromatic rings. The van der Waals surface area contributed by atoms with Gasteiger partial charge in [0.05, 0.1) is 6.54 Å². The molecule has 1 aliphatic carbocycles. The van der Waals surface area contributed by atoms with E-state index in [1.807, 2.05) is 34.3 Å². The maximum Gasteiger partial charge on any atom is 0.315 e. The first-order valence-electron chi connectivity index (χ1n) is 8.02. The van der Waals surface area contributed by atoms with Gasteiger partial charge in [0.15, 0.2) is 0 Å². The summed E-state index contributed by atoms with van der Waals surface area (Å²) in [7, 11) is 0. The third-order valence-corrected chi connectivity index (χ3v) is 6.08. The van der Waals surface area contributed by atoms with Crippen molar-refractivity contribution < 1.29 is 9.90 Å². The molecule has 0 spiro atoms. The van der Waals surface area contributed by atoms with Gasteiger partial charge in [0.25, 0.3) is 0 Å². The molecule has 3 rings (SSSR count). The summed E-state index contributed by atoms with van der Waals surface area (Å²) in [6.07, 6.45) is 5.72. The largest absolute Gasteiger partial charge is 0.378 e. The molecule has 124 valence electrons. The number of rotatable bonds is 5. The standard InChI is InChI=1S/C17H22N2O2S2/c20-16(19-14-5-2-1-3-6-14)18-12-17(21,13-8-10-22-11-13)15-7-4-9-23-15/h4,7-11,14,21H,1-3,5-6,12H2,(H2,18,19,20). The van der Waals surface area contributed by atoms with E-state index in [-0.39, 0.29) is 18.6 Å². The Labute approximate surface area is 144 Å². The molecule has 1 unspecified atom stereocenters. The van der Waals surface area contributed by atoms with Crippen molar-refractivity contribution in [2.75, 3.05) is 6.54 Å². The Kier molecular flexibility index (Phi) is 5.35. The number of hydrogen-bond acceptors (Lipinski definition) is 4. The third-order valence-electron chi connectivity index (χ3n) is 4.37. The lowest BCUT2D eigenvalue weighted by molar-refractivity contribution is 0.0861. The van der Waals surface area contributed by atoms with Gasteiger partial charge >= 0.3 is 6.03 Å². The number of hydrogen-bond donors (Lipinski definition) is 3. The highest BCUT2D eigenvalue weighted by Gasteiger charge is 2.33. The van der Waals surface area contributed by atoms with Gasteiger partial charge in [-0.1, -0.05) is 25.3 Å². The van der Waals surface area contributed by atoms with E-state index in [4.69, 9.17) is 0 Å². The number of amides is 2. The first-order chi connectivity index (χ1) is 11.2. The Morgan fingerprint density at radius 1 is 1.26 bits per heavy atom. The lowest BCUT2D eigenvalue weighted by Crippen LogP contribution is -2.48. The highest BCUT2D eigenvalue weighted by atomic mass is 32.1. The zero-order valence-corrected chi connectivity index (χ0v) is 14.6. The predicted molar refractivity (Wildman–Crippen MR) is 95.0 cm³/mol. The van der Waals surface area contributed by atoms with Crippen LogP contribution in [-0.4, -0.2) is 23.7 Å². The summed E-state index contributed by atoms with van der Waals surface area (Å²) < 4.78 is 0. The number of urea groups is 1. The molecule has 23 heavy (non-hydrogen) atoms. The van der Waals surface area contributed by atoms with Crippen molar-refractivity contribution in [2.24, 2.45) is 0 Å². The minimum atomic E-state index is -1.17. The van der Waals surface area contributed by atoms with Gasteiger partial charge in [-0.05, 0) is 41.1 Å². The smallest absolute Gasteiger partial charge is 0.315 e. The van der Waals surface area contributed by atoms with Crippen molar-refractivity contribution in [3.05, 3.63) is 44.8 Å². The van der Waals surface area contributed by atoms with E-state index < -0.39 is 5.60 Å². The van der Waals surface area contributed by atoms with Crippen LogP contribution in [0.15, 0.2) is 34.3 Å². The third kappa shape index (κ3) is 3.94. The second-order valence-corrected chi connectivity index (χ2v) is 7.74. The molecule has 3 N–H and O–H groups in total. The Bertz CT molecular complexity index is 570. The summed E-state index contributed by atoms with van der Waals surface area (Å²) in [6, 6.07) is 5.80. The zero-order valence-electron chi connectivity index (χ0n) is 13.0. The first kappa shape index (κ1) is 16.5. The topological polar surface area (TPSA) is 61.4 Å². The van der Waals surface area contributed by atoms with Gasteiger partial charge < -0.3 is 15.7 Å². The summed E-state index contributed by atoms with van der Waals surface area (Å²) in [5.74, 6) is 0. The van der Waals surface area contributed by atoms with Crippen LogP contribution in [0.4, 0.5) is 4.79 Å². The van der Waals surface area contributed by atoms with Crippen LogP contribution in [-0.2, 0) is 5.60 Å². The lowest BCUT2D eigenvalue weighted by Gasteiger charge is -2.28.